The molecule has 0 aromatic rings. The van der Waals surface area contributed by atoms with E-state index in [1.165, 1.54) is 0 Å². The summed E-state index contributed by atoms with van der Waals surface area (Å²) in [5.41, 5.74) is 0. The van der Waals surface area contributed by atoms with Crippen LogP contribution in [0.5, 0.6) is 0 Å². The molecule has 5 nitrogen and oxygen atoms in total. The topological polar surface area (TPSA) is 58.6 Å². The monoisotopic (exact) mass is 252 g/mol. The molecule has 2 saturated heterocycles. The summed E-state index contributed by atoms with van der Waals surface area (Å²) >= 11 is 0. The second-order valence-corrected chi connectivity index (χ2v) is 4.87. The molecule has 2 heterocycles. The Morgan fingerprint density at radius 2 is 2.44 bits per heavy atom. The van der Waals surface area contributed by atoms with Crippen molar-refractivity contribution in [1.82, 2.24) is 10.2 Å². The summed E-state index contributed by atoms with van der Waals surface area (Å²) in [6.45, 7) is 5.93. The lowest BCUT2D eigenvalue weighted by molar-refractivity contribution is -0.129. The van der Waals surface area contributed by atoms with Gasteiger partial charge in [0.05, 0.1) is 12.0 Å². The minimum absolute atomic E-state index is 0.0573. The molecule has 0 aromatic carbocycles. The van der Waals surface area contributed by atoms with E-state index in [9.17, 15) is 9.59 Å². The Morgan fingerprint density at radius 1 is 1.61 bits per heavy atom. The van der Waals surface area contributed by atoms with Gasteiger partial charge in [0, 0.05) is 32.7 Å². The fourth-order valence-corrected chi connectivity index (χ4v) is 2.48. The van der Waals surface area contributed by atoms with Gasteiger partial charge in [0.25, 0.3) is 0 Å². The smallest absolute Gasteiger partial charge is 0.225 e. The van der Waals surface area contributed by atoms with Gasteiger partial charge in [0.15, 0.2) is 0 Å². The van der Waals surface area contributed by atoms with Gasteiger partial charge in [-0.2, -0.15) is 0 Å². The van der Waals surface area contributed by atoms with E-state index in [-0.39, 0.29) is 23.8 Å². The molecular formula is C13H20N2O3. The zero-order valence-electron chi connectivity index (χ0n) is 10.6. The van der Waals surface area contributed by atoms with Gasteiger partial charge in [0.1, 0.15) is 0 Å². The van der Waals surface area contributed by atoms with E-state index in [1.807, 2.05) is 0 Å². The summed E-state index contributed by atoms with van der Waals surface area (Å²) in [5, 5.41) is 2.74. The Bertz CT molecular complexity index is 337. The summed E-state index contributed by atoms with van der Waals surface area (Å²) in [5.74, 6) is -0.221. The highest BCUT2D eigenvalue weighted by atomic mass is 16.5. The predicted octanol–water partition coefficient (Wildman–Crippen LogP) is 0.316. The van der Waals surface area contributed by atoms with Crippen molar-refractivity contribution in [3.63, 3.8) is 0 Å². The maximum atomic E-state index is 11.8. The van der Waals surface area contributed by atoms with E-state index in [0.29, 0.717) is 26.1 Å². The number of nitrogens with one attached hydrogen (secondary N) is 1. The molecule has 1 N–H and O–H groups in total. The number of carbonyl (C=O) groups is 2. The van der Waals surface area contributed by atoms with Crippen LogP contribution < -0.4 is 5.32 Å². The highest BCUT2D eigenvalue weighted by Crippen LogP contribution is 2.21. The van der Waals surface area contributed by atoms with E-state index in [1.54, 1.807) is 11.0 Å². The fourth-order valence-electron chi connectivity index (χ4n) is 2.48. The highest BCUT2D eigenvalue weighted by Gasteiger charge is 2.35. The van der Waals surface area contributed by atoms with Crippen LogP contribution in [0.3, 0.4) is 0 Å². The first-order valence-electron chi connectivity index (χ1n) is 6.48. The van der Waals surface area contributed by atoms with Crippen molar-refractivity contribution in [3.05, 3.63) is 12.7 Å². The lowest BCUT2D eigenvalue weighted by atomic mass is 10.1. The van der Waals surface area contributed by atoms with E-state index in [0.717, 1.165) is 19.4 Å². The predicted molar refractivity (Wildman–Crippen MR) is 66.9 cm³/mol. The third kappa shape index (κ3) is 3.10. The minimum Gasteiger partial charge on any atom is -0.376 e. The molecule has 0 radical (unpaired) electrons. The quantitative estimate of drug-likeness (QED) is 0.717. The largest absolute Gasteiger partial charge is 0.376 e. The number of likely N-dealkylation sites (tertiary alicyclic amines) is 1. The van der Waals surface area contributed by atoms with Crippen molar-refractivity contribution in [2.45, 2.75) is 25.4 Å². The first-order chi connectivity index (χ1) is 8.70. The highest BCUT2D eigenvalue weighted by molar-refractivity contribution is 5.89. The van der Waals surface area contributed by atoms with Crippen molar-refractivity contribution in [2.75, 3.05) is 26.2 Å². The average molecular weight is 252 g/mol. The molecule has 0 aliphatic carbocycles. The van der Waals surface area contributed by atoms with E-state index in [4.69, 9.17) is 4.74 Å². The summed E-state index contributed by atoms with van der Waals surface area (Å²) in [6, 6.07) is 0. The number of hydrogen-bond acceptors (Lipinski definition) is 3. The summed E-state index contributed by atoms with van der Waals surface area (Å²) < 4.78 is 5.52. The van der Waals surface area contributed by atoms with Crippen molar-refractivity contribution in [3.8, 4) is 0 Å². The number of rotatable bonds is 5. The molecule has 2 amide bonds. The van der Waals surface area contributed by atoms with Crippen LogP contribution in [0, 0.1) is 5.92 Å². The normalized spacial score (nSPS) is 27.6. The van der Waals surface area contributed by atoms with Crippen LogP contribution in [0.2, 0.25) is 0 Å². The Morgan fingerprint density at radius 3 is 3.11 bits per heavy atom. The molecule has 0 saturated carbocycles. The number of nitrogens with zero attached hydrogens (tertiary/aromatic N) is 1. The number of amides is 2. The minimum atomic E-state index is -0.223. The van der Waals surface area contributed by atoms with Crippen LogP contribution in [0.1, 0.15) is 19.3 Å². The molecular weight excluding hydrogens is 232 g/mol. The zero-order chi connectivity index (χ0) is 13.0. The number of carbonyl (C=O) groups excluding carboxylic acids is 2. The molecule has 0 bridgehead atoms. The van der Waals surface area contributed by atoms with Crippen molar-refractivity contribution in [2.24, 2.45) is 5.92 Å². The van der Waals surface area contributed by atoms with Gasteiger partial charge >= 0.3 is 0 Å². The summed E-state index contributed by atoms with van der Waals surface area (Å²) in [6.07, 6.45) is 4.19. The maximum absolute atomic E-state index is 11.8. The van der Waals surface area contributed by atoms with Gasteiger partial charge in [-0.1, -0.05) is 6.08 Å². The fraction of sp³-hybridized carbons (Fsp3) is 0.692. The third-order valence-corrected chi connectivity index (χ3v) is 3.45. The number of hydrogen-bond donors (Lipinski definition) is 1. The molecule has 2 aliphatic rings. The SMILES string of the molecule is C=CCNC(=O)C1CC(=O)N(CC2CCCO2)C1. The first kappa shape index (κ1) is 13.1. The van der Waals surface area contributed by atoms with Crippen molar-refractivity contribution >= 4 is 11.8 Å². The van der Waals surface area contributed by atoms with Gasteiger partial charge in [-0.05, 0) is 12.8 Å². The lowest BCUT2D eigenvalue weighted by Gasteiger charge is -2.20. The van der Waals surface area contributed by atoms with E-state index >= 15 is 0 Å². The summed E-state index contributed by atoms with van der Waals surface area (Å²) in [4.78, 5) is 25.3. The van der Waals surface area contributed by atoms with Crippen LogP contribution in [0.4, 0.5) is 0 Å². The molecule has 5 heteroatoms. The second-order valence-electron chi connectivity index (χ2n) is 4.87. The van der Waals surface area contributed by atoms with Gasteiger partial charge in [0.2, 0.25) is 11.8 Å². The Hall–Kier alpha value is -1.36. The van der Waals surface area contributed by atoms with Crippen LogP contribution >= 0.6 is 0 Å². The molecule has 2 rings (SSSR count). The Balaban J connectivity index is 1.82. The third-order valence-electron chi connectivity index (χ3n) is 3.45. The van der Waals surface area contributed by atoms with E-state index < -0.39 is 0 Å². The Kier molecular flexibility index (Phi) is 4.36. The average Bonchev–Trinajstić information content (AvgIpc) is 2.98. The molecule has 0 spiro atoms. The van der Waals surface area contributed by atoms with Gasteiger partial charge in [-0.3, -0.25) is 9.59 Å². The van der Waals surface area contributed by atoms with Crippen LogP contribution in [0.25, 0.3) is 0 Å². The van der Waals surface area contributed by atoms with Gasteiger partial charge in [-0.15, -0.1) is 6.58 Å². The molecule has 18 heavy (non-hydrogen) atoms. The molecule has 2 unspecified atom stereocenters. The summed E-state index contributed by atoms with van der Waals surface area (Å²) in [7, 11) is 0. The molecule has 100 valence electrons. The molecule has 2 aliphatic heterocycles. The molecule has 2 fully saturated rings. The molecule has 2 atom stereocenters. The first-order valence-corrected chi connectivity index (χ1v) is 6.48. The van der Waals surface area contributed by atoms with Gasteiger partial charge in [-0.25, -0.2) is 0 Å². The van der Waals surface area contributed by atoms with Crippen molar-refractivity contribution in [1.29, 1.82) is 0 Å². The standard InChI is InChI=1S/C13H20N2O3/c1-2-5-14-13(17)10-7-12(16)15(8-10)9-11-4-3-6-18-11/h2,10-11H,1,3-9H2,(H,14,17). The van der Waals surface area contributed by atoms with Crippen LogP contribution in [-0.4, -0.2) is 49.1 Å². The number of ether oxygens (including phenoxy) is 1. The van der Waals surface area contributed by atoms with Crippen LogP contribution in [-0.2, 0) is 14.3 Å². The van der Waals surface area contributed by atoms with Crippen LogP contribution in [0.15, 0.2) is 12.7 Å². The Labute approximate surface area is 107 Å². The lowest BCUT2D eigenvalue weighted by Crippen LogP contribution is -2.36. The second kappa shape index (κ2) is 6.00. The van der Waals surface area contributed by atoms with Crippen molar-refractivity contribution < 1.29 is 14.3 Å². The maximum Gasteiger partial charge on any atom is 0.225 e. The molecule has 0 aromatic heterocycles. The van der Waals surface area contributed by atoms with Gasteiger partial charge < -0.3 is 15.0 Å². The van der Waals surface area contributed by atoms with E-state index in [2.05, 4.69) is 11.9 Å². The zero-order valence-corrected chi connectivity index (χ0v) is 10.6.